The number of benzene rings is 2. The zero-order chi connectivity index (χ0) is 22.1. The summed E-state index contributed by atoms with van der Waals surface area (Å²) in [5.74, 6) is 1.70. The summed E-state index contributed by atoms with van der Waals surface area (Å²) in [5.41, 5.74) is 2.23. The number of ether oxygens (including phenoxy) is 3. The molecule has 0 saturated carbocycles. The van der Waals surface area contributed by atoms with E-state index >= 15 is 0 Å². The Balaban J connectivity index is 0.00000363. The van der Waals surface area contributed by atoms with Crippen molar-refractivity contribution in [3.8, 4) is 11.5 Å². The predicted molar refractivity (Wildman–Crippen MR) is 137 cm³/mol. The lowest BCUT2D eigenvalue weighted by Gasteiger charge is -2.29. The summed E-state index contributed by atoms with van der Waals surface area (Å²) in [7, 11) is 1.61. The van der Waals surface area contributed by atoms with Crippen LogP contribution >= 0.6 is 24.0 Å². The third kappa shape index (κ3) is 7.13. The molecule has 2 aromatic rings. The molecule has 1 saturated heterocycles. The van der Waals surface area contributed by atoms with Crippen LogP contribution in [0.25, 0.3) is 0 Å². The van der Waals surface area contributed by atoms with Crippen LogP contribution in [0.2, 0.25) is 0 Å². The maximum absolute atomic E-state index is 14.7. The quantitative estimate of drug-likeness (QED) is 0.287. The number of nitrogens with zero attached hydrogens (tertiary/aromatic N) is 2. The van der Waals surface area contributed by atoms with Gasteiger partial charge >= 0.3 is 0 Å². The number of hydrogen-bond donors (Lipinski definition) is 2. The number of anilines is 2. The molecule has 0 bridgehead atoms. The van der Waals surface area contributed by atoms with Crippen molar-refractivity contribution in [1.29, 1.82) is 0 Å². The molecule has 0 radical (unpaired) electrons. The van der Waals surface area contributed by atoms with E-state index in [1.165, 1.54) is 0 Å². The van der Waals surface area contributed by atoms with E-state index < -0.39 is 0 Å². The number of halogens is 2. The van der Waals surface area contributed by atoms with E-state index in [2.05, 4.69) is 15.6 Å². The molecule has 3 rings (SSSR count). The second kappa shape index (κ2) is 13.3. The topological polar surface area (TPSA) is 67.4 Å². The Bertz CT molecular complexity index is 892. The third-order valence-electron chi connectivity index (χ3n) is 4.85. The average Bonchev–Trinajstić information content (AvgIpc) is 2.79. The molecule has 2 aromatic carbocycles. The van der Waals surface area contributed by atoms with Gasteiger partial charge in [0.2, 0.25) is 0 Å². The maximum atomic E-state index is 14.7. The summed E-state index contributed by atoms with van der Waals surface area (Å²) in [6.45, 7) is 8.17. The van der Waals surface area contributed by atoms with Crippen molar-refractivity contribution in [2.45, 2.75) is 20.4 Å². The SMILES string of the molecule is CCNC(=NCc1ccc(N2CCOCC2)c(F)c1)Nc1ccc(OC)c(OCC)c1.I. The first-order chi connectivity index (χ1) is 15.1. The molecule has 7 nitrogen and oxygen atoms in total. The number of guanidine groups is 1. The van der Waals surface area contributed by atoms with Gasteiger partial charge in [-0.3, -0.25) is 0 Å². The van der Waals surface area contributed by atoms with Crippen molar-refractivity contribution in [3.05, 3.63) is 47.8 Å². The van der Waals surface area contributed by atoms with E-state index in [1.807, 2.05) is 49.1 Å². The summed E-state index contributed by atoms with van der Waals surface area (Å²) in [6, 6.07) is 10.9. The molecule has 1 fully saturated rings. The summed E-state index contributed by atoms with van der Waals surface area (Å²) in [5, 5.41) is 6.48. The Labute approximate surface area is 206 Å². The van der Waals surface area contributed by atoms with Gasteiger partial charge in [-0.15, -0.1) is 24.0 Å². The van der Waals surface area contributed by atoms with Crippen LogP contribution in [-0.2, 0) is 11.3 Å². The Morgan fingerprint density at radius 2 is 1.91 bits per heavy atom. The minimum absolute atomic E-state index is 0. The molecule has 0 aliphatic carbocycles. The normalized spacial score (nSPS) is 13.9. The lowest BCUT2D eigenvalue weighted by molar-refractivity contribution is 0.122. The van der Waals surface area contributed by atoms with Gasteiger partial charge in [0.05, 0.1) is 39.2 Å². The van der Waals surface area contributed by atoms with E-state index in [4.69, 9.17) is 14.2 Å². The molecule has 0 amide bonds. The molecule has 0 atom stereocenters. The van der Waals surface area contributed by atoms with Crippen molar-refractivity contribution in [2.24, 2.45) is 4.99 Å². The number of rotatable bonds is 8. The monoisotopic (exact) mass is 558 g/mol. The van der Waals surface area contributed by atoms with Gasteiger partial charge in [-0.25, -0.2) is 9.38 Å². The highest BCUT2D eigenvalue weighted by molar-refractivity contribution is 14.0. The van der Waals surface area contributed by atoms with Crippen LogP contribution in [0.1, 0.15) is 19.4 Å². The van der Waals surface area contributed by atoms with E-state index in [1.54, 1.807) is 13.2 Å². The zero-order valence-corrected chi connectivity index (χ0v) is 21.1. The fourth-order valence-corrected chi connectivity index (χ4v) is 3.35. The van der Waals surface area contributed by atoms with Crippen LogP contribution in [0.5, 0.6) is 11.5 Å². The molecule has 0 unspecified atom stereocenters. The smallest absolute Gasteiger partial charge is 0.196 e. The van der Waals surface area contributed by atoms with Gasteiger partial charge in [-0.1, -0.05) is 6.07 Å². The fraction of sp³-hybridized carbons (Fsp3) is 0.435. The molecule has 176 valence electrons. The molecular formula is C23H32FIN4O3. The highest BCUT2D eigenvalue weighted by atomic mass is 127. The zero-order valence-electron chi connectivity index (χ0n) is 18.8. The second-order valence-corrected chi connectivity index (χ2v) is 7.00. The van der Waals surface area contributed by atoms with Crippen LogP contribution in [0.3, 0.4) is 0 Å². The Kier molecular flexibility index (Phi) is 10.8. The first kappa shape index (κ1) is 26.0. The van der Waals surface area contributed by atoms with E-state index in [-0.39, 0.29) is 29.8 Å². The highest BCUT2D eigenvalue weighted by Crippen LogP contribution is 2.30. The molecule has 0 aromatic heterocycles. The molecule has 0 spiro atoms. The van der Waals surface area contributed by atoms with E-state index in [0.717, 1.165) is 11.3 Å². The van der Waals surface area contributed by atoms with Gasteiger partial charge in [-0.2, -0.15) is 0 Å². The van der Waals surface area contributed by atoms with Crippen LogP contribution in [0.4, 0.5) is 15.8 Å². The first-order valence-corrected chi connectivity index (χ1v) is 10.6. The number of nitrogens with one attached hydrogen (secondary N) is 2. The van der Waals surface area contributed by atoms with Gasteiger partial charge in [-0.05, 0) is 43.7 Å². The van der Waals surface area contributed by atoms with Crippen molar-refractivity contribution in [3.63, 3.8) is 0 Å². The minimum atomic E-state index is -0.232. The Hall–Kier alpha value is -2.27. The van der Waals surface area contributed by atoms with E-state index in [0.29, 0.717) is 69.1 Å². The second-order valence-electron chi connectivity index (χ2n) is 7.00. The van der Waals surface area contributed by atoms with E-state index in [9.17, 15) is 4.39 Å². The number of methoxy groups -OCH3 is 1. The molecule has 9 heteroatoms. The number of aliphatic imine (C=N–C) groups is 1. The molecule has 32 heavy (non-hydrogen) atoms. The fourth-order valence-electron chi connectivity index (χ4n) is 3.35. The molecular weight excluding hydrogens is 526 g/mol. The maximum Gasteiger partial charge on any atom is 0.196 e. The summed E-state index contributed by atoms with van der Waals surface area (Å²) in [6.07, 6.45) is 0. The first-order valence-electron chi connectivity index (χ1n) is 10.6. The van der Waals surface area contributed by atoms with Crippen LogP contribution in [0.15, 0.2) is 41.4 Å². The van der Waals surface area contributed by atoms with Crippen molar-refractivity contribution in [2.75, 3.05) is 56.8 Å². The van der Waals surface area contributed by atoms with Crippen molar-refractivity contribution in [1.82, 2.24) is 5.32 Å². The molecule has 1 aliphatic heterocycles. The molecule has 1 aliphatic rings. The van der Waals surface area contributed by atoms with Crippen LogP contribution in [-0.4, -0.2) is 52.5 Å². The largest absolute Gasteiger partial charge is 0.493 e. The van der Waals surface area contributed by atoms with Crippen LogP contribution < -0.4 is 25.0 Å². The third-order valence-corrected chi connectivity index (χ3v) is 4.85. The summed E-state index contributed by atoms with van der Waals surface area (Å²) >= 11 is 0. The van der Waals surface area contributed by atoms with Gasteiger partial charge in [0.15, 0.2) is 17.5 Å². The molecule has 2 N–H and O–H groups in total. The number of hydrogen-bond acceptors (Lipinski definition) is 5. The lowest BCUT2D eigenvalue weighted by Crippen LogP contribution is -2.36. The minimum Gasteiger partial charge on any atom is -0.493 e. The summed E-state index contributed by atoms with van der Waals surface area (Å²) < 4.78 is 31.0. The number of morpholine rings is 1. The standard InChI is InChI=1S/C23H31FN4O3.HI/c1-4-25-23(27-18-7-9-21(29-3)22(15-18)31-5-2)26-16-17-6-8-20(19(24)14-17)28-10-12-30-13-11-28;/h6-9,14-15H,4-5,10-13,16H2,1-3H3,(H2,25,26,27);1H. The average molecular weight is 558 g/mol. The Morgan fingerprint density at radius 1 is 1.12 bits per heavy atom. The van der Waals surface area contributed by atoms with Gasteiger partial charge in [0.1, 0.15) is 5.82 Å². The predicted octanol–water partition coefficient (Wildman–Crippen LogP) is 4.27. The van der Waals surface area contributed by atoms with Crippen molar-refractivity contribution < 1.29 is 18.6 Å². The van der Waals surface area contributed by atoms with Crippen molar-refractivity contribution >= 4 is 41.3 Å². The molecule has 1 heterocycles. The lowest BCUT2D eigenvalue weighted by atomic mass is 10.1. The highest BCUT2D eigenvalue weighted by Gasteiger charge is 2.15. The summed E-state index contributed by atoms with van der Waals surface area (Å²) in [4.78, 5) is 6.61. The van der Waals surface area contributed by atoms with Gasteiger partial charge in [0, 0.05) is 31.4 Å². The van der Waals surface area contributed by atoms with Crippen LogP contribution in [0, 0.1) is 5.82 Å². The van der Waals surface area contributed by atoms with Gasteiger partial charge in [0.25, 0.3) is 0 Å². The Morgan fingerprint density at radius 3 is 2.56 bits per heavy atom. The van der Waals surface area contributed by atoms with Gasteiger partial charge < -0.3 is 29.7 Å².